The largest absolute Gasteiger partial charge is 0.483 e. The minimum Gasteiger partial charge on any atom is -0.483 e. The number of aromatic nitrogens is 7. The average molecular weight is 482 g/mol. The number of pyridine rings is 1. The van der Waals surface area contributed by atoms with Crippen LogP contribution >= 0.6 is 23.5 Å². The van der Waals surface area contributed by atoms with Gasteiger partial charge in [-0.2, -0.15) is 0 Å². The molecule has 3 aromatic heterocycles. The van der Waals surface area contributed by atoms with Gasteiger partial charge in [0.1, 0.15) is 6.61 Å². The predicted octanol–water partition coefficient (Wildman–Crippen LogP) is 4.27. The Bertz CT molecular complexity index is 1260. The van der Waals surface area contributed by atoms with Crippen molar-refractivity contribution in [3.63, 3.8) is 0 Å². The monoisotopic (exact) mass is 481 g/mol. The highest BCUT2D eigenvalue weighted by Crippen LogP contribution is 2.38. The molecule has 8 nitrogen and oxygen atoms in total. The second kappa shape index (κ2) is 9.75. The maximum atomic E-state index is 13.9. The van der Waals surface area contributed by atoms with Gasteiger partial charge in [0.15, 0.2) is 33.5 Å². The van der Waals surface area contributed by atoms with Crippen LogP contribution in [-0.4, -0.2) is 46.0 Å². The summed E-state index contributed by atoms with van der Waals surface area (Å²) in [6.07, 6.45) is 5.32. The van der Waals surface area contributed by atoms with Crippen molar-refractivity contribution in [1.82, 2.24) is 34.5 Å². The van der Waals surface area contributed by atoms with Gasteiger partial charge in [0, 0.05) is 36.0 Å². The minimum atomic E-state index is -0.408. The molecule has 0 bridgehead atoms. The third-order valence-electron chi connectivity index (χ3n) is 5.06. The number of halogens is 1. The normalized spacial score (nSPS) is 14.9. The summed E-state index contributed by atoms with van der Waals surface area (Å²) in [7, 11) is 0. The van der Waals surface area contributed by atoms with Crippen molar-refractivity contribution in [3.05, 3.63) is 73.1 Å². The lowest BCUT2D eigenvalue weighted by Gasteiger charge is -2.14. The van der Waals surface area contributed by atoms with Crippen molar-refractivity contribution in [3.8, 4) is 17.1 Å². The van der Waals surface area contributed by atoms with Gasteiger partial charge in [0.25, 0.3) is 0 Å². The molecule has 0 amide bonds. The Hall–Kier alpha value is -3.18. The van der Waals surface area contributed by atoms with Crippen molar-refractivity contribution in [1.29, 1.82) is 0 Å². The standard InChI is InChI=1S/C22H20FN7OS2/c1-2-10-29-19(12-31-18-8-4-3-7-17(18)23)25-27-21(29)32-13-16-14-33-22-28-26-20(30(16)22)15-6-5-9-24-11-15/h2-9,11,16H,1,10,12-14H2. The van der Waals surface area contributed by atoms with Crippen LogP contribution in [0.1, 0.15) is 11.9 Å². The molecule has 4 aromatic rings. The molecule has 0 radical (unpaired) electrons. The topological polar surface area (TPSA) is 83.5 Å². The average Bonchev–Trinajstić information content (AvgIpc) is 3.54. The third kappa shape index (κ3) is 4.51. The van der Waals surface area contributed by atoms with E-state index in [4.69, 9.17) is 4.74 Å². The zero-order valence-corrected chi connectivity index (χ0v) is 19.2. The molecular weight excluding hydrogens is 461 g/mol. The molecule has 1 aromatic carbocycles. The summed E-state index contributed by atoms with van der Waals surface area (Å²) in [6.45, 7) is 4.48. The van der Waals surface area contributed by atoms with E-state index in [1.807, 2.05) is 16.7 Å². The maximum absolute atomic E-state index is 13.9. The van der Waals surface area contributed by atoms with E-state index in [9.17, 15) is 4.39 Å². The van der Waals surface area contributed by atoms with Crippen LogP contribution in [-0.2, 0) is 13.2 Å². The Kier molecular flexibility index (Phi) is 6.40. The van der Waals surface area contributed by atoms with Crippen molar-refractivity contribution in [2.75, 3.05) is 11.5 Å². The molecule has 0 aliphatic carbocycles. The Morgan fingerprint density at radius 1 is 1.18 bits per heavy atom. The molecule has 1 aliphatic rings. The van der Waals surface area contributed by atoms with Crippen LogP contribution < -0.4 is 4.74 Å². The van der Waals surface area contributed by atoms with Gasteiger partial charge < -0.3 is 4.74 Å². The van der Waals surface area contributed by atoms with Crippen LogP contribution in [0.3, 0.4) is 0 Å². The molecule has 0 saturated carbocycles. The third-order valence-corrected chi connectivity index (χ3v) is 7.26. The number of allylic oxidation sites excluding steroid dienone is 1. The predicted molar refractivity (Wildman–Crippen MR) is 125 cm³/mol. The van der Waals surface area contributed by atoms with Crippen LogP contribution in [0.25, 0.3) is 11.4 Å². The quantitative estimate of drug-likeness (QED) is 0.259. The molecule has 11 heteroatoms. The van der Waals surface area contributed by atoms with Gasteiger partial charge in [-0.25, -0.2) is 4.39 Å². The van der Waals surface area contributed by atoms with Gasteiger partial charge in [-0.3, -0.25) is 14.1 Å². The molecule has 4 heterocycles. The van der Waals surface area contributed by atoms with E-state index in [2.05, 4.69) is 36.5 Å². The molecule has 168 valence electrons. The van der Waals surface area contributed by atoms with Crippen LogP contribution in [0.15, 0.2) is 71.8 Å². The number of para-hydroxylation sites is 1. The van der Waals surface area contributed by atoms with Crippen molar-refractivity contribution in [2.24, 2.45) is 0 Å². The fraction of sp³-hybridized carbons (Fsp3) is 0.227. The first-order valence-electron chi connectivity index (χ1n) is 10.3. The summed E-state index contributed by atoms with van der Waals surface area (Å²) in [5.41, 5.74) is 0.941. The van der Waals surface area contributed by atoms with Crippen LogP contribution in [0, 0.1) is 5.82 Å². The number of fused-ring (bicyclic) bond motifs is 1. The van der Waals surface area contributed by atoms with Crippen LogP contribution in [0.4, 0.5) is 4.39 Å². The van der Waals surface area contributed by atoms with E-state index in [1.54, 1.807) is 60.2 Å². The molecular formula is C22H20FN7OS2. The smallest absolute Gasteiger partial charge is 0.191 e. The van der Waals surface area contributed by atoms with E-state index in [-0.39, 0.29) is 18.4 Å². The number of hydrogen-bond donors (Lipinski definition) is 0. The molecule has 1 unspecified atom stereocenters. The summed E-state index contributed by atoms with van der Waals surface area (Å²) in [5, 5.41) is 19.0. The van der Waals surface area contributed by atoms with Crippen molar-refractivity contribution in [2.45, 2.75) is 29.5 Å². The van der Waals surface area contributed by atoms with Gasteiger partial charge in [-0.05, 0) is 24.3 Å². The first-order valence-corrected chi connectivity index (χ1v) is 12.2. The molecule has 1 aliphatic heterocycles. The molecule has 1 atom stereocenters. The molecule has 33 heavy (non-hydrogen) atoms. The summed E-state index contributed by atoms with van der Waals surface area (Å²) < 4.78 is 23.6. The summed E-state index contributed by atoms with van der Waals surface area (Å²) in [5.74, 6) is 2.89. The van der Waals surface area contributed by atoms with Crippen LogP contribution in [0.5, 0.6) is 5.75 Å². The van der Waals surface area contributed by atoms with Gasteiger partial charge in [0.05, 0.1) is 6.04 Å². The Labute approximate surface area is 198 Å². The van der Waals surface area contributed by atoms with Crippen molar-refractivity contribution < 1.29 is 9.13 Å². The highest BCUT2D eigenvalue weighted by molar-refractivity contribution is 8.00. The Balaban J connectivity index is 1.31. The highest BCUT2D eigenvalue weighted by atomic mass is 32.2. The van der Waals surface area contributed by atoms with E-state index in [1.165, 1.54) is 6.07 Å². The zero-order chi connectivity index (χ0) is 22.6. The summed E-state index contributed by atoms with van der Waals surface area (Å²) in [4.78, 5) is 4.20. The first-order chi connectivity index (χ1) is 16.2. The summed E-state index contributed by atoms with van der Waals surface area (Å²) in [6, 6.07) is 10.4. The molecule has 0 N–H and O–H groups in total. The minimum absolute atomic E-state index is 0.113. The molecule has 0 fully saturated rings. The fourth-order valence-electron chi connectivity index (χ4n) is 3.48. The van der Waals surface area contributed by atoms with E-state index < -0.39 is 5.82 Å². The lowest BCUT2D eigenvalue weighted by Crippen LogP contribution is -2.12. The fourth-order valence-corrected chi connectivity index (χ4v) is 5.76. The lowest BCUT2D eigenvalue weighted by molar-refractivity contribution is 0.275. The number of nitrogens with zero attached hydrogens (tertiary/aromatic N) is 7. The number of ether oxygens (including phenoxy) is 1. The lowest BCUT2D eigenvalue weighted by atomic mass is 10.2. The number of benzene rings is 1. The van der Waals surface area contributed by atoms with Crippen molar-refractivity contribution >= 4 is 23.5 Å². The Morgan fingerprint density at radius 3 is 2.91 bits per heavy atom. The molecule has 5 rings (SSSR count). The van der Waals surface area contributed by atoms with Gasteiger partial charge in [-0.15, -0.1) is 27.0 Å². The highest BCUT2D eigenvalue weighted by Gasteiger charge is 2.29. The maximum Gasteiger partial charge on any atom is 0.191 e. The molecule has 0 spiro atoms. The number of hydrogen-bond acceptors (Lipinski definition) is 8. The Morgan fingerprint density at radius 2 is 2.09 bits per heavy atom. The zero-order valence-electron chi connectivity index (χ0n) is 17.5. The van der Waals surface area contributed by atoms with E-state index >= 15 is 0 Å². The number of rotatable bonds is 9. The van der Waals surface area contributed by atoms with E-state index in [0.717, 1.165) is 33.2 Å². The van der Waals surface area contributed by atoms with Crippen LogP contribution in [0.2, 0.25) is 0 Å². The molecule has 0 saturated heterocycles. The summed E-state index contributed by atoms with van der Waals surface area (Å²) >= 11 is 3.30. The van der Waals surface area contributed by atoms with Gasteiger partial charge >= 0.3 is 0 Å². The first kappa shape index (κ1) is 21.7. The van der Waals surface area contributed by atoms with E-state index in [0.29, 0.717) is 12.4 Å². The number of thioether (sulfide) groups is 2. The van der Waals surface area contributed by atoms with Gasteiger partial charge in [-0.1, -0.05) is 41.7 Å². The SMILES string of the molecule is C=CCn1c(COc2ccccc2F)nnc1SCC1CSc2nnc(-c3cccnc3)n21. The second-order valence-electron chi connectivity index (χ2n) is 7.21. The second-order valence-corrected chi connectivity index (χ2v) is 9.19. The van der Waals surface area contributed by atoms with Gasteiger partial charge in [0.2, 0.25) is 0 Å².